The number of aliphatic carboxylic acids is 1. The second-order valence-electron chi connectivity index (χ2n) is 4.23. The number of carbonyl (C=O) groups excluding carboxylic acids is 1. The van der Waals surface area contributed by atoms with Crippen LogP contribution in [-0.4, -0.2) is 23.0 Å². The van der Waals surface area contributed by atoms with Crippen LogP contribution in [0.25, 0.3) is 0 Å². The fourth-order valence-electron chi connectivity index (χ4n) is 1.46. The molecule has 1 amide bonds. The largest absolute Gasteiger partial charge is 0.480 e. The Morgan fingerprint density at radius 2 is 1.88 bits per heavy atom. The molecular weight excluding hydrogens is 206 g/mol. The minimum Gasteiger partial charge on any atom is -0.480 e. The van der Waals surface area contributed by atoms with Crippen molar-refractivity contribution in [2.45, 2.75) is 58.9 Å². The van der Waals surface area contributed by atoms with E-state index in [1.54, 1.807) is 0 Å². The Labute approximate surface area is 97.4 Å². The smallest absolute Gasteiger partial charge is 0.326 e. The van der Waals surface area contributed by atoms with Gasteiger partial charge in [0.2, 0.25) is 5.91 Å². The van der Waals surface area contributed by atoms with E-state index in [1.165, 1.54) is 0 Å². The molecule has 16 heavy (non-hydrogen) atoms. The SMILES string of the molecule is CCCCCC(=O)NC(C(=O)O)C(C)CC. The van der Waals surface area contributed by atoms with Crippen LogP contribution in [0.15, 0.2) is 0 Å². The lowest BCUT2D eigenvalue weighted by Crippen LogP contribution is -2.44. The topological polar surface area (TPSA) is 66.4 Å². The second-order valence-corrected chi connectivity index (χ2v) is 4.23. The molecule has 94 valence electrons. The molecule has 0 bridgehead atoms. The first-order valence-electron chi connectivity index (χ1n) is 6.05. The van der Waals surface area contributed by atoms with Crippen molar-refractivity contribution in [1.82, 2.24) is 5.32 Å². The van der Waals surface area contributed by atoms with Crippen LogP contribution < -0.4 is 5.32 Å². The molecule has 2 N–H and O–H groups in total. The zero-order valence-corrected chi connectivity index (χ0v) is 10.5. The van der Waals surface area contributed by atoms with E-state index in [2.05, 4.69) is 12.2 Å². The van der Waals surface area contributed by atoms with Crippen molar-refractivity contribution in [3.8, 4) is 0 Å². The van der Waals surface area contributed by atoms with Crippen LogP contribution in [0.2, 0.25) is 0 Å². The van der Waals surface area contributed by atoms with Gasteiger partial charge in [-0.2, -0.15) is 0 Å². The van der Waals surface area contributed by atoms with Crippen molar-refractivity contribution < 1.29 is 14.7 Å². The summed E-state index contributed by atoms with van der Waals surface area (Å²) in [5.74, 6) is -1.13. The summed E-state index contributed by atoms with van der Waals surface area (Å²) >= 11 is 0. The fourth-order valence-corrected chi connectivity index (χ4v) is 1.46. The summed E-state index contributed by atoms with van der Waals surface area (Å²) in [6, 6.07) is -0.751. The van der Waals surface area contributed by atoms with E-state index in [9.17, 15) is 9.59 Å². The summed E-state index contributed by atoms with van der Waals surface area (Å²) in [5, 5.41) is 11.6. The molecule has 0 aliphatic rings. The maximum absolute atomic E-state index is 11.5. The molecule has 2 atom stereocenters. The zero-order valence-electron chi connectivity index (χ0n) is 10.5. The van der Waals surface area contributed by atoms with Gasteiger partial charge in [-0.3, -0.25) is 4.79 Å². The number of amides is 1. The Hall–Kier alpha value is -1.06. The number of hydrogen-bond donors (Lipinski definition) is 2. The molecule has 0 heterocycles. The molecular formula is C12H23NO3. The van der Waals surface area contributed by atoms with Crippen molar-refractivity contribution in [3.63, 3.8) is 0 Å². The lowest BCUT2D eigenvalue weighted by molar-refractivity contribution is -0.143. The van der Waals surface area contributed by atoms with Crippen molar-refractivity contribution in [3.05, 3.63) is 0 Å². The predicted molar refractivity (Wildman–Crippen MR) is 63.2 cm³/mol. The van der Waals surface area contributed by atoms with Gasteiger partial charge < -0.3 is 10.4 Å². The van der Waals surface area contributed by atoms with E-state index >= 15 is 0 Å². The predicted octanol–water partition coefficient (Wildman–Crippen LogP) is 2.18. The standard InChI is InChI=1S/C12H23NO3/c1-4-6-7-8-10(14)13-11(12(15)16)9(3)5-2/h9,11H,4-8H2,1-3H3,(H,13,14)(H,15,16). The van der Waals surface area contributed by atoms with Gasteiger partial charge in [0.1, 0.15) is 6.04 Å². The fraction of sp³-hybridized carbons (Fsp3) is 0.833. The zero-order chi connectivity index (χ0) is 12.6. The molecule has 0 saturated heterocycles. The average molecular weight is 229 g/mol. The Morgan fingerprint density at radius 3 is 2.31 bits per heavy atom. The number of rotatable bonds is 8. The van der Waals surface area contributed by atoms with Gasteiger partial charge in [0, 0.05) is 6.42 Å². The van der Waals surface area contributed by atoms with E-state index in [-0.39, 0.29) is 11.8 Å². The highest BCUT2D eigenvalue weighted by atomic mass is 16.4. The number of nitrogens with one attached hydrogen (secondary N) is 1. The van der Waals surface area contributed by atoms with E-state index in [0.29, 0.717) is 6.42 Å². The van der Waals surface area contributed by atoms with E-state index in [0.717, 1.165) is 25.7 Å². The number of carboxylic acids is 1. The summed E-state index contributed by atoms with van der Waals surface area (Å²) in [5.41, 5.74) is 0. The maximum Gasteiger partial charge on any atom is 0.326 e. The molecule has 0 aliphatic heterocycles. The number of hydrogen-bond acceptors (Lipinski definition) is 2. The Morgan fingerprint density at radius 1 is 1.25 bits per heavy atom. The average Bonchev–Trinajstić information content (AvgIpc) is 2.25. The highest BCUT2D eigenvalue weighted by Crippen LogP contribution is 2.08. The van der Waals surface area contributed by atoms with E-state index < -0.39 is 12.0 Å². The van der Waals surface area contributed by atoms with Crippen LogP contribution in [0, 0.1) is 5.92 Å². The summed E-state index contributed by atoms with van der Waals surface area (Å²) < 4.78 is 0. The maximum atomic E-state index is 11.5. The first-order chi connectivity index (χ1) is 7.52. The third kappa shape index (κ3) is 5.73. The first-order valence-corrected chi connectivity index (χ1v) is 6.05. The molecule has 4 nitrogen and oxygen atoms in total. The number of carboxylic acid groups (broad SMARTS) is 1. The summed E-state index contributed by atoms with van der Waals surface area (Å²) in [7, 11) is 0. The van der Waals surface area contributed by atoms with E-state index in [4.69, 9.17) is 5.11 Å². The van der Waals surface area contributed by atoms with Gasteiger partial charge in [0.25, 0.3) is 0 Å². The molecule has 0 spiro atoms. The van der Waals surface area contributed by atoms with E-state index in [1.807, 2.05) is 13.8 Å². The molecule has 0 aromatic carbocycles. The minimum absolute atomic E-state index is 0.0346. The van der Waals surface area contributed by atoms with Crippen molar-refractivity contribution in [2.75, 3.05) is 0 Å². The summed E-state index contributed by atoms with van der Waals surface area (Å²) in [6.45, 7) is 5.83. The molecule has 0 rings (SSSR count). The number of unbranched alkanes of at least 4 members (excludes halogenated alkanes) is 2. The Kier molecular flexibility index (Phi) is 7.60. The normalized spacial score (nSPS) is 14.2. The lowest BCUT2D eigenvalue weighted by atomic mass is 9.99. The summed E-state index contributed by atoms with van der Waals surface area (Å²) in [6.07, 6.45) is 4.06. The molecule has 0 saturated carbocycles. The van der Waals surface area contributed by atoms with Gasteiger partial charge in [0.15, 0.2) is 0 Å². The molecule has 4 heteroatoms. The van der Waals surface area contributed by atoms with Crippen LogP contribution >= 0.6 is 0 Å². The van der Waals surface area contributed by atoms with Crippen LogP contribution in [0.3, 0.4) is 0 Å². The first kappa shape index (κ1) is 14.9. The van der Waals surface area contributed by atoms with Crippen LogP contribution in [0.1, 0.15) is 52.9 Å². The van der Waals surface area contributed by atoms with Crippen LogP contribution in [-0.2, 0) is 9.59 Å². The summed E-state index contributed by atoms with van der Waals surface area (Å²) in [4.78, 5) is 22.4. The molecule has 0 radical (unpaired) electrons. The van der Waals surface area contributed by atoms with Crippen LogP contribution in [0.4, 0.5) is 0 Å². The van der Waals surface area contributed by atoms with Gasteiger partial charge in [-0.15, -0.1) is 0 Å². The molecule has 0 aliphatic carbocycles. The van der Waals surface area contributed by atoms with Gasteiger partial charge in [-0.25, -0.2) is 4.79 Å². The quantitative estimate of drug-likeness (QED) is 0.627. The molecule has 2 unspecified atom stereocenters. The third-order valence-electron chi connectivity index (χ3n) is 2.80. The number of carbonyl (C=O) groups is 2. The highest BCUT2D eigenvalue weighted by molar-refractivity contribution is 5.83. The van der Waals surface area contributed by atoms with Gasteiger partial charge in [0.05, 0.1) is 0 Å². The monoisotopic (exact) mass is 229 g/mol. The third-order valence-corrected chi connectivity index (χ3v) is 2.80. The Bertz CT molecular complexity index is 228. The van der Waals surface area contributed by atoms with Crippen molar-refractivity contribution in [1.29, 1.82) is 0 Å². The van der Waals surface area contributed by atoms with Crippen LogP contribution in [0.5, 0.6) is 0 Å². The molecule has 0 fully saturated rings. The molecule has 0 aromatic rings. The highest BCUT2D eigenvalue weighted by Gasteiger charge is 2.24. The van der Waals surface area contributed by atoms with Crippen molar-refractivity contribution in [2.24, 2.45) is 5.92 Å². The van der Waals surface area contributed by atoms with Gasteiger partial charge >= 0.3 is 5.97 Å². The Balaban J connectivity index is 4.09. The van der Waals surface area contributed by atoms with Gasteiger partial charge in [-0.1, -0.05) is 40.0 Å². The molecule has 0 aromatic heterocycles. The second kappa shape index (κ2) is 8.13. The minimum atomic E-state index is -0.946. The van der Waals surface area contributed by atoms with Crippen molar-refractivity contribution >= 4 is 11.9 Å². The van der Waals surface area contributed by atoms with Gasteiger partial charge in [-0.05, 0) is 12.3 Å². The lowest BCUT2D eigenvalue weighted by Gasteiger charge is -2.20.